The first-order chi connectivity index (χ1) is 15.4. The van der Waals surface area contributed by atoms with Crippen LogP contribution in [0.15, 0.2) is 59.5 Å². The molecule has 4 rings (SSSR count). The number of halogens is 1. The summed E-state index contributed by atoms with van der Waals surface area (Å²) in [5, 5.41) is 12.7. The van der Waals surface area contributed by atoms with Gasteiger partial charge in [-0.1, -0.05) is 37.3 Å². The first kappa shape index (κ1) is 20.8. The second kappa shape index (κ2) is 8.35. The number of nitriles is 1. The number of hydrogen-bond donors (Lipinski definition) is 3. The van der Waals surface area contributed by atoms with E-state index in [0.29, 0.717) is 28.6 Å². The van der Waals surface area contributed by atoms with Crippen LogP contribution in [-0.2, 0) is 0 Å². The lowest BCUT2D eigenvalue weighted by atomic mass is 9.94. The number of rotatable bonds is 5. The number of aromatic nitrogens is 3. The summed E-state index contributed by atoms with van der Waals surface area (Å²) in [6.07, 6.45) is 1.72. The van der Waals surface area contributed by atoms with Crippen molar-refractivity contribution >= 4 is 23.1 Å². The summed E-state index contributed by atoms with van der Waals surface area (Å²) in [5.74, 6) is -0.435. The second-order valence-corrected chi connectivity index (χ2v) is 7.20. The smallest absolute Gasteiger partial charge is 0.263 e. The van der Waals surface area contributed by atoms with Gasteiger partial charge in [-0.25, -0.2) is 4.39 Å². The van der Waals surface area contributed by atoms with Crippen molar-refractivity contribution in [3.05, 3.63) is 82.0 Å². The molecule has 3 aromatic heterocycles. The second-order valence-electron chi connectivity index (χ2n) is 7.20. The Morgan fingerprint density at radius 1 is 1.19 bits per heavy atom. The van der Waals surface area contributed by atoms with E-state index in [9.17, 15) is 14.4 Å². The Morgan fingerprint density at radius 3 is 2.62 bits per heavy atom. The maximum absolute atomic E-state index is 13.9. The average Bonchev–Trinajstić information content (AvgIpc) is 2.78. The van der Waals surface area contributed by atoms with Gasteiger partial charge in [-0.3, -0.25) is 9.20 Å². The third-order valence-electron chi connectivity index (χ3n) is 5.19. The lowest BCUT2D eigenvalue weighted by Gasteiger charge is -2.23. The van der Waals surface area contributed by atoms with Gasteiger partial charge in [0.05, 0.1) is 11.6 Å². The van der Waals surface area contributed by atoms with Gasteiger partial charge in [-0.2, -0.15) is 15.2 Å². The van der Waals surface area contributed by atoms with E-state index in [0.717, 1.165) is 0 Å². The summed E-state index contributed by atoms with van der Waals surface area (Å²) in [6, 6.07) is 15.4. The fraction of sp³-hybridized carbons (Fsp3) is 0.130. The van der Waals surface area contributed by atoms with E-state index in [2.05, 4.69) is 15.3 Å². The Kier molecular flexibility index (Phi) is 5.43. The summed E-state index contributed by atoms with van der Waals surface area (Å²) >= 11 is 0. The highest BCUT2D eigenvalue weighted by Crippen LogP contribution is 2.32. The van der Waals surface area contributed by atoms with E-state index in [1.54, 1.807) is 6.07 Å². The van der Waals surface area contributed by atoms with Crippen molar-refractivity contribution in [1.82, 2.24) is 14.4 Å². The highest BCUT2D eigenvalue weighted by Gasteiger charge is 2.22. The van der Waals surface area contributed by atoms with Crippen LogP contribution in [0.1, 0.15) is 30.5 Å². The molecule has 0 bridgehead atoms. The Bertz CT molecular complexity index is 1410. The average molecular weight is 429 g/mol. The molecule has 0 fully saturated rings. The quantitative estimate of drug-likeness (QED) is 0.442. The molecule has 32 heavy (non-hydrogen) atoms. The molecule has 0 saturated heterocycles. The topological polar surface area (TPSA) is 135 Å². The summed E-state index contributed by atoms with van der Waals surface area (Å²) in [4.78, 5) is 21.4. The maximum Gasteiger partial charge on any atom is 0.263 e. The zero-order valence-electron chi connectivity index (χ0n) is 17.2. The summed E-state index contributed by atoms with van der Waals surface area (Å²) in [5.41, 5.74) is 13.6. The van der Waals surface area contributed by atoms with Crippen molar-refractivity contribution in [2.45, 2.75) is 19.4 Å². The SMILES string of the molecule is CC[C@H](Nc1nc(N)nc(N)c1C#N)c1cc2ccc(F)cn2c(=O)c1-c1ccccc1. The largest absolute Gasteiger partial charge is 0.382 e. The van der Waals surface area contributed by atoms with Crippen LogP contribution < -0.4 is 22.3 Å². The van der Waals surface area contributed by atoms with Crippen LogP contribution in [0.3, 0.4) is 0 Å². The monoisotopic (exact) mass is 429 g/mol. The van der Waals surface area contributed by atoms with Gasteiger partial charge < -0.3 is 16.8 Å². The van der Waals surface area contributed by atoms with Crippen LogP contribution in [0.5, 0.6) is 0 Å². The third kappa shape index (κ3) is 3.70. The standard InChI is InChI=1S/C23H20FN7O/c1-2-18(28-21-17(11-25)20(26)29-23(27)30-21)16-10-15-9-8-14(24)12-31(15)22(32)19(16)13-6-4-3-5-7-13/h3-10,12,18H,2H2,1H3,(H5,26,27,28,29,30)/t18-/m0/s1. The van der Waals surface area contributed by atoms with Crippen LogP contribution in [0.25, 0.3) is 16.6 Å². The summed E-state index contributed by atoms with van der Waals surface area (Å²) < 4.78 is 15.2. The van der Waals surface area contributed by atoms with Crippen LogP contribution in [-0.4, -0.2) is 14.4 Å². The number of nitrogens with zero attached hydrogens (tertiary/aromatic N) is 4. The number of pyridine rings is 2. The van der Waals surface area contributed by atoms with Crippen molar-refractivity contribution in [1.29, 1.82) is 5.26 Å². The Balaban J connectivity index is 1.96. The zero-order valence-corrected chi connectivity index (χ0v) is 17.2. The predicted molar refractivity (Wildman–Crippen MR) is 121 cm³/mol. The highest BCUT2D eigenvalue weighted by molar-refractivity contribution is 5.72. The van der Waals surface area contributed by atoms with Gasteiger partial charge in [0.25, 0.3) is 5.56 Å². The molecule has 0 amide bonds. The summed E-state index contributed by atoms with van der Waals surface area (Å²) in [7, 11) is 0. The van der Waals surface area contributed by atoms with Gasteiger partial charge in [0.1, 0.15) is 23.3 Å². The van der Waals surface area contributed by atoms with Crippen LogP contribution in [0.4, 0.5) is 22.0 Å². The number of nitrogens with two attached hydrogens (primary N) is 2. The highest BCUT2D eigenvalue weighted by atomic mass is 19.1. The van der Waals surface area contributed by atoms with Gasteiger partial charge in [0.15, 0.2) is 5.82 Å². The van der Waals surface area contributed by atoms with Crippen molar-refractivity contribution in [3.8, 4) is 17.2 Å². The number of nitrogens with one attached hydrogen (secondary N) is 1. The number of hydrogen-bond acceptors (Lipinski definition) is 7. The normalized spacial score (nSPS) is 11.8. The Labute approximate surface area is 183 Å². The summed E-state index contributed by atoms with van der Waals surface area (Å²) in [6.45, 7) is 1.93. The van der Waals surface area contributed by atoms with Gasteiger partial charge >= 0.3 is 0 Å². The molecule has 0 spiro atoms. The fourth-order valence-corrected chi connectivity index (χ4v) is 3.70. The molecule has 0 radical (unpaired) electrons. The third-order valence-corrected chi connectivity index (χ3v) is 5.19. The fourth-order valence-electron chi connectivity index (χ4n) is 3.70. The molecule has 0 unspecified atom stereocenters. The van der Waals surface area contributed by atoms with Crippen LogP contribution >= 0.6 is 0 Å². The van der Waals surface area contributed by atoms with Crippen molar-refractivity contribution in [3.63, 3.8) is 0 Å². The van der Waals surface area contributed by atoms with E-state index in [-0.39, 0.29) is 28.7 Å². The van der Waals surface area contributed by atoms with E-state index < -0.39 is 11.9 Å². The minimum atomic E-state index is -0.512. The number of anilines is 3. The molecule has 0 aliphatic rings. The minimum Gasteiger partial charge on any atom is -0.382 e. The lowest BCUT2D eigenvalue weighted by molar-refractivity contribution is 0.618. The van der Waals surface area contributed by atoms with E-state index >= 15 is 0 Å². The molecule has 0 saturated carbocycles. The van der Waals surface area contributed by atoms with E-state index in [1.807, 2.05) is 49.4 Å². The Hall–Kier alpha value is -4.45. The molecule has 8 nitrogen and oxygen atoms in total. The Morgan fingerprint density at radius 2 is 1.94 bits per heavy atom. The van der Waals surface area contributed by atoms with Crippen LogP contribution in [0, 0.1) is 17.1 Å². The van der Waals surface area contributed by atoms with Crippen LogP contribution in [0.2, 0.25) is 0 Å². The molecular weight excluding hydrogens is 409 g/mol. The van der Waals surface area contributed by atoms with Crippen molar-refractivity contribution in [2.24, 2.45) is 0 Å². The minimum absolute atomic E-state index is 0.0327. The maximum atomic E-state index is 13.9. The molecule has 9 heteroatoms. The molecule has 160 valence electrons. The van der Waals surface area contributed by atoms with Gasteiger partial charge in [0, 0.05) is 11.7 Å². The molecule has 5 N–H and O–H groups in total. The first-order valence-corrected chi connectivity index (χ1v) is 9.92. The molecule has 3 heterocycles. The number of fused-ring (bicyclic) bond motifs is 1. The van der Waals surface area contributed by atoms with Gasteiger partial charge in [0.2, 0.25) is 5.95 Å². The van der Waals surface area contributed by atoms with Crippen molar-refractivity contribution in [2.75, 3.05) is 16.8 Å². The molecular formula is C23H20FN7O. The first-order valence-electron chi connectivity index (χ1n) is 9.92. The molecule has 0 aliphatic heterocycles. The van der Waals surface area contributed by atoms with Gasteiger partial charge in [-0.15, -0.1) is 0 Å². The number of nitrogen functional groups attached to an aromatic ring is 2. The van der Waals surface area contributed by atoms with Crippen molar-refractivity contribution < 1.29 is 4.39 Å². The molecule has 1 aromatic carbocycles. The molecule has 4 aromatic rings. The lowest BCUT2D eigenvalue weighted by Crippen LogP contribution is -2.22. The predicted octanol–water partition coefficient (Wildman–Crippen LogP) is 3.49. The van der Waals surface area contributed by atoms with Gasteiger partial charge in [-0.05, 0) is 35.7 Å². The van der Waals surface area contributed by atoms with E-state index in [1.165, 1.54) is 16.7 Å². The molecule has 0 aliphatic carbocycles. The van der Waals surface area contributed by atoms with E-state index in [4.69, 9.17) is 11.5 Å². The zero-order chi connectivity index (χ0) is 22.8. The number of benzene rings is 1. The molecule has 1 atom stereocenters.